The van der Waals surface area contributed by atoms with Crippen molar-refractivity contribution in [3.8, 4) is 0 Å². The van der Waals surface area contributed by atoms with E-state index in [-0.39, 0.29) is 11.3 Å². The lowest BCUT2D eigenvalue weighted by atomic mass is 10.1. The predicted molar refractivity (Wildman–Crippen MR) is 54.1 cm³/mol. The van der Waals surface area contributed by atoms with Gasteiger partial charge in [0.05, 0.1) is 10.5 Å². The van der Waals surface area contributed by atoms with Crippen LogP contribution in [-0.4, -0.2) is 10.8 Å². The van der Waals surface area contributed by atoms with Gasteiger partial charge >= 0.3 is 0 Å². The Morgan fingerprint density at radius 2 is 2.14 bits per heavy atom. The van der Waals surface area contributed by atoms with Crippen LogP contribution in [0, 0.1) is 17.0 Å². The molecule has 0 atom stereocenters. The van der Waals surface area contributed by atoms with E-state index in [2.05, 4.69) is 15.9 Å². The molecule has 14 heavy (non-hydrogen) atoms. The van der Waals surface area contributed by atoms with Gasteiger partial charge in [-0.05, 0) is 28.4 Å². The number of nitrogens with zero attached hydrogens (tertiary/aromatic N) is 1. The minimum absolute atomic E-state index is 0.122. The lowest BCUT2D eigenvalue weighted by Crippen LogP contribution is -2.12. The van der Waals surface area contributed by atoms with Crippen LogP contribution in [0.3, 0.4) is 0 Å². The molecule has 0 fully saturated rings. The maximum atomic E-state index is 10.9. The van der Waals surface area contributed by atoms with E-state index < -0.39 is 10.8 Å². The first-order valence-electron chi connectivity index (χ1n) is 3.68. The van der Waals surface area contributed by atoms with E-state index in [9.17, 15) is 14.9 Å². The van der Waals surface area contributed by atoms with Crippen molar-refractivity contribution in [2.45, 2.75) is 6.92 Å². The van der Waals surface area contributed by atoms with Crippen LogP contribution >= 0.6 is 15.9 Å². The number of aryl methyl sites for hydroxylation is 1. The van der Waals surface area contributed by atoms with Crippen molar-refractivity contribution in [1.29, 1.82) is 0 Å². The first-order chi connectivity index (χ1) is 6.43. The molecule has 0 bridgehead atoms. The Morgan fingerprint density at radius 3 is 2.57 bits per heavy atom. The van der Waals surface area contributed by atoms with Gasteiger partial charge in [0.15, 0.2) is 0 Å². The molecule has 0 spiro atoms. The summed E-state index contributed by atoms with van der Waals surface area (Å²) in [6.45, 7) is 1.66. The summed E-state index contributed by atoms with van der Waals surface area (Å²) in [4.78, 5) is 20.8. The summed E-state index contributed by atoms with van der Waals surface area (Å²) >= 11 is 3.14. The third-order valence-electron chi connectivity index (χ3n) is 1.72. The second-order valence-corrected chi connectivity index (χ2v) is 3.54. The number of hydrogen-bond acceptors (Lipinski definition) is 3. The number of non-ortho nitro benzene ring substituents is 1. The number of carbonyl (C=O) groups excluding carboxylic acids is 1. The van der Waals surface area contributed by atoms with Crippen LogP contribution in [0.25, 0.3) is 0 Å². The topological polar surface area (TPSA) is 86.2 Å². The van der Waals surface area contributed by atoms with E-state index >= 15 is 0 Å². The third-order valence-corrected chi connectivity index (χ3v) is 2.77. The van der Waals surface area contributed by atoms with E-state index in [4.69, 9.17) is 5.73 Å². The average Bonchev–Trinajstić information content (AvgIpc) is 2.08. The van der Waals surface area contributed by atoms with Crippen LogP contribution in [-0.2, 0) is 0 Å². The summed E-state index contributed by atoms with van der Waals surface area (Å²) in [6, 6.07) is 2.52. The summed E-state index contributed by atoms with van der Waals surface area (Å²) < 4.78 is 0.496. The van der Waals surface area contributed by atoms with Crippen molar-refractivity contribution in [3.05, 3.63) is 37.8 Å². The molecular formula is C8H7BrN2O3. The van der Waals surface area contributed by atoms with Crippen LogP contribution in [0.4, 0.5) is 5.69 Å². The van der Waals surface area contributed by atoms with Crippen LogP contribution in [0.5, 0.6) is 0 Å². The van der Waals surface area contributed by atoms with Gasteiger partial charge in [-0.2, -0.15) is 0 Å². The zero-order chi connectivity index (χ0) is 10.9. The highest BCUT2D eigenvalue weighted by Gasteiger charge is 2.15. The molecule has 1 aromatic rings. The van der Waals surface area contributed by atoms with Gasteiger partial charge in [0.2, 0.25) is 5.91 Å². The van der Waals surface area contributed by atoms with Crippen LogP contribution in [0.15, 0.2) is 16.6 Å². The van der Waals surface area contributed by atoms with Crippen LogP contribution < -0.4 is 5.73 Å². The highest BCUT2D eigenvalue weighted by atomic mass is 79.9. The van der Waals surface area contributed by atoms with Gasteiger partial charge in [-0.15, -0.1) is 0 Å². The normalized spacial score (nSPS) is 9.86. The molecule has 0 aliphatic rings. The Bertz CT molecular complexity index is 417. The van der Waals surface area contributed by atoms with Crippen LogP contribution in [0.1, 0.15) is 15.9 Å². The Hall–Kier alpha value is -1.43. The lowest BCUT2D eigenvalue weighted by molar-refractivity contribution is -0.384. The largest absolute Gasteiger partial charge is 0.366 e. The summed E-state index contributed by atoms with van der Waals surface area (Å²) in [5.41, 5.74) is 5.65. The smallest absolute Gasteiger partial charge is 0.270 e. The summed E-state index contributed by atoms with van der Waals surface area (Å²) in [6.07, 6.45) is 0. The molecule has 5 nitrogen and oxygen atoms in total. The van der Waals surface area contributed by atoms with Gasteiger partial charge in [-0.1, -0.05) is 0 Å². The molecule has 1 aromatic carbocycles. The van der Waals surface area contributed by atoms with Gasteiger partial charge in [0, 0.05) is 16.6 Å². The molecule has 0 aromatic heterocycles. The molecule has 74 valence electrons. The third kappa shape index (κ3) is 1.90. The summed E-state index contributed by atoms with van der Waals surface area (Å²) in [5, 5.41) is 10.5. The molecule has 0 saturated carbocycles. The number of benzene rings is 1. The predicted octanol–water partition coefficient (Wildman–Crippen LogP) is 1.76. The fraction of sp³-hybridized carbons (Fsp3) is 0.125. The molecule has 0 heterocycles. The molecule has 0 saturated heterocycles. The molecule has 6 heteroatoms. The first-order valence-corrected chi connectivity index (χ1v) is 4.47. The Balaban J connectivity index is 3.43. The molecule has 0 aliphatic heterocycles. The molecular weight excluding hydrogens is 252 g/mol. The van der Waals surface area contributed by atoms with Crippen molar-refractivity contribution in [3.63, 3.8) is 0 Å². The molecule has 1 rings (SSSR count). The molecule has 0 aliphatic carbocycles. The van der Waals surface area contributed by atoms with Crippen molar-refractivity contribution < 1.29 is 9.72 Å². The van der Waals surface area contributed by atoms with Crippen molar-refractivity contribution in [1.82, 2.24) is 0 Å². The minimum Gasteiger partial charge on any atom is -0.366 e. The van der Waals surface area contributed by atoms with E-state index in [1.54, 1.807) is 6.92 Å². The second kappa shape index (κ2) is 3.75. The Morgan fingerprint density at radius 1 is 1.57 bits per heavy atom. The fourth-order valence-electron chi connectivity index (χ4n) is 1.04. The maximum Gasteiger partial charge on any atom is 0.270 e. The zero-order valence-corrected chi connectivity index (χ0v) is 8.87. The summed E-state index contributed by atoms with van der Waals surface area (Å²) in [5.74, 6) is -0.691. The van der Waals surface area contributed by atoms with Gasteiger partial charge in [0.25, 0.3) is 5.69 Å². The standard InChI is InChI=1S/C8H7BrN2O3/c1-4-2-5(11(13)14)3-6(7(4)9)8(10)12/h2-3H,1H3,(H2,10,12). The highest BCUT2D eigenvalue weighted by molar-refractivity contribution is 9.10. The Labute approximate surface area is 88.2 Å². The number of carbonyl (C=O) groups is 1. The quantitative estimate of drug-likeness (QED) is 0.648. The Kier molecular flexibility index (Phi) is 2.85. The van der Waals surface area contributed by atoms with E-state index in [0.717, 1.165) is 6.07 Å². The maximum absolute atomic E-state index is 10.9. The van der Waals surface area contributed by atoms with Crippen molar-refractivity contribution in [2.75, 3.05) is 0 Å². The number of halogens is 1. The summed E-state index contributed by atoms with van der Waals surface area (Å²) in [7, 11) is 0. The highest BCUT2D eigenvalue weighted by Crippen LogP contribution is 2.26. The van der Waals surface area contributed by atoms with Crippen molar-refractivity contribution >= 4 is 27.5 Å². The number of nitrogens with two attached hydrogens (primary N) is 1. The van der Waals surface area contributed by atoms with E-state index in [0.29, 0.717) is 10.0 Å². The van der Waals surface area contributed by atoms with Gasteiger partial charge in [-0.25, -0.2) is 0 Å². The number of primary amides is 1. The lowest BCUT2D eigenvalue weighted by Gasteiger charge is -2.03. The number of nitro groups is 1. The fourth-order valence-corrected chi connectivity index (χ4v) is 1.46. The SMILES string of the molecule is Cc1cc([N+](=O)[O-])cc(C(N)=O)c1Br. The molecule has 0 radical (unpaired) electrons. The van der Waals surface area contributed by atoms with E-state index in [1.807, 2.05) is 0 Å². The molecule has 2 N–H and O–H groups in total. The second-order valence-electron chi connectivity index (χ2n) is 2.75. The number of amides is 1. The van der Waals surface area contributed by atoms with Gasteiger partial charge in [0.1, 0.15) is 0 Å². The number of rotatable bonds is 2. The number of nitro benzene ring substituents is 1. The van der Waals surface area contributed by atoms with E-state index in [1.165, 1.54) is 6.07 Å². The minimum atomic E-state index is -0.691. The molecule has 0 unspecified atom stereocenters. The monoisotopic (exact) mass is 258 g/mol. The van der Waals surface area contributed by atoms with Gasteiger partial charge < -0.3 is 5.73 Å². The number of hydrogen-bond donors (Lipinski definition) is 1. The van der Waals surface area contributed by atoms with Crippen LogP contribution in [0.2, 0.25) is 0 Å². The molecule has 1 amide bonds. The van der Waals surface area contributed by atoms with Gasteiger partial charge in [-0.3, -0.25) is 14.9 Å². The zero-order valence-electron chi connectivity index (χ0n) is 7.28. The first kappa shape index (κ1) is 10.6. The average molecular weight is 259 g/mol. The van der Waals surface area contributed by atoms with Crippen molar-refractivity contribution in [2.24, 2.45) is 5.73 Å².